The average Bonchev–Trinajstić information content (AvgIpc) is 2.54. The molecule has 0 aromatic heterocycles. The van der Waals surface area contributed by atoms with Crippen molar-refractivity contribution in [1.82, 2.24) is 20.7 Å². The minimum Gasteiger partial charge on any atom is -0.484 e. The molecule has 0 unspecified atom stereocenters. The van der Waals surface area contributed by atoms with Crippen LogP contribution in [0.25, 0.3) is 0 Å². The van der Waals surface area contributed by atoms with Gasteiger partial charge >= 0.3 is 0 Å². The van der Waals surface area contributed by atoms with Crippen LogP contribution in [0.4, 0.5) is 0 Å². The van der Waals surface area contributed by atoms with Gasteiger partial charge in [-0.25, -0.2) is 5.01 Å². The van der Waals surface area contributed by atoms with E-state index in [1.54, 1.807) is 12.1 Å². The number of hydrazine groups is 1. The van der Waals surface area contributed by atoms with Gasteiger partial charge in [-0.3, -0.25) is 15.0 Å². The molecule has 0 radical (unpaired) electrons. The molecular weight excluding hydrogens is 284 g/mol. The van der Waals surface area contributed by atoms with Crippen molar-refractivity contribution in [3.05, 3.63) is 30.3 Å². The molecule has 1 aromatic carbocycles. The molecule has 120 valence electrons. The lowest BCUT2D eigenvalue weighted by Gasteiger charge is -2.32. The second kappa shape index (κ2) is 8.35. The molecule has 1 saturated heterocycles. The Morgan fingerprint density at radius 3 is 2.45 bits per heavy atom. The van der Waals surface area contributed by atoms with Gasteiger partial charge in [0.15, 0.2) is 6.61 Å². The quantitative estimate of drug-likeness (QED) is 0.738. The fourth-order valence-electron chi connectivity index (χ4n) is 2.03. The predicted octanol–water partition coefficient (Wildman–Crippen LogP) is -0.540. The molecule has 2 rings (SSSR count). The Balaban J connectivity index is 1.60. The molecule has 0 spiro atoms. The molecule has 1 aliphatic rings. The topological polar surface area (TPSA) is 73.9 Å². The first-order valence-corrected chi connectivity index (χ1v) is 7.31. The zero-order chi connectivity index (χ0) is 15.8. The van der Waals surface area contributed by atoms with Crippen molar-refractivity contribution in [2.75, 3.05) is 46.4 Å². The monoisotopic (exact) mass is 306 g/mol. The van der Waals surface area contributed by atoms with Crippen molar-refractivity contribution < 1.29 is 14.3 Å². The van der Waals surface area contributed by atoms with E-state index in [2.05, 4.69) is 15.6 Å². The first-order valence-electron chi connectivity index (χ1n) is 7.31. The Bertz CT molecular complexity index is 487. The molecule has 0 saturated carbocycles. The number of carbonyl (C=O) groups excluding carboxylic acids is 2. The van der Waals surface area contributed by atoms with Crippen LogP contribution in [0.5, 0.6) is 5.75 Å². The molecule has 2 N–H and O–H groups in total. The van der Waals surface area contributed by atoms with E-state index in [-0.39, 0.29) is 25.0 Å². The third kappa shape index (κ3) is 5.71. The number of carbonyl (C=O) groups is 2. The lowest BCUT2D eigenvalue weighted by Crippen LogP contribution is -2.54. The van der Waals surface area contributed by atoms with Gasteiger partial charge in [-0.05, 0) is 19.2 Å². The number of benzene rings is 1. The van der Waals surface area contributed by atoms with E-state index in [4.69, 9.17) is 4.74 Å². The third-order valence-electron chi connectivity index (χ3n) is 3.35. The van der Waals surface area contributed by atoms with Gasteiger partial charge in [0.05, 0.1) is 6.54 Å². The first kappa shape index (κ1) is 16.3. The van der Waals surface area contributed by atoms with Crippen LogP contribution in [0.1, 0.15) is 0 Å². The SMILES string of the molecule is CN1CCN(NC(=O)CNC(=O)COc2ccccc2)CC1. The summed E-state index contributed by atoms with van der Waals surface area (Å²) in [7, 11) is 2.05. The molecule has 22 heavy (non-hydrogen) atoms. The van der Waals surface area contributed by atoms with Gasteiger partial charge in [0, 0.05) is 26.2 Å². The molecule has 1 aliphatic heterocycles. The standard InChI is InChI=1S/C15H22N4O3/c1-18-7-9-19(10-8-18)17-14(20)11-16-15(21)12-22-13-5-3-2-4-6-13/h2-6H,7-12H2,1H3,(H,16,21)(H,17,20). The molecule has 1 fully saturated rings. The van der Waals surface area contributed by atoms with Gasteiger partial charge in [0.25, 0.3) is 11.8 Å². The Morgan fingerprint density at radius 1 is 1.09 bits per heavy atom. The van der Waals surface area contributed by atoms with Crippen LogP contribution in [-0.2, 0) is 9.59 Å². The van der Waals surface area contributed by atoms with Gasteiger partial charge in [0.2, 0.25) is 0 Å². The minimum absolute atomic E-state index is 0.0523. The van der Waals surface area contributed by atoms with E-state index in [0.717, 1.165) is 26.2 Å². The molecule has 7 heteroatoms. The fraction of sp³-hybridized carbons (Fsp3) is 0.467. The van der Waals surface area contributed by atoms with Crippen molar-refractivity contribution in [2.24, 2.45) is 0 Å². The summed E-state index contributed by atoms with van der Waals surface area (Å²) in [5.74, 6) is 0.0783. The highest BCUT2D eigenvalue weighted by molar-refractivity contribution is 5.85. The summed E-state index contributed by atoms with van der Waals surface area (Å²) in [5, 5.41) is 4.41. The van der Waals surface area contributed by atoms with Crippen LogP contribution in [0.3, 0.4) is 0 Å². The summed E-state index contributed by atoms with van der Waals surface area (Å²) >= 11 is 0. The molecular formula is C15H22N4O3. The number of ether oxygens (including phenoxy) is 1. The number of piperazine rings is 1. The molecule has 2 amide bonds. The van der Waals surface area contributed by atoms with Crippen LogP contribution >= 0.6 is 0 Å². The van der Waals surface area contributed by atoms with Crippen LogP contribution in [-0.4, -0.2) is 68.1 Å². The summed E-state index contributed by atoms with van der Waals surface area (Å²) in [4.78, 5) is 25.6. The number of para-hydroxylation sites is 1. The van der Waals surface area contributed by atoms with E-state index in [0.29, 0.717) is 5.75 Å². The largest absolute Gasteiger partial charge is 0.484 e. The predicted molar refractivity (Wildman–Crippen MR) is 82.2 cm³/mol. The Morgan fingerprint density at radius 2 is 1.77 bits per heavy atom. The highest BCUT2D eigenvalue weighted by atomic mass is 16.5. The Kier molecular flexibility index (Phi) is 6.17. The number of rotatable bonds is 6. The minimum atomic E-state index is -0.322. The number of likely N-dealkylation sites (N-methyl/N-ethyl adjacent to an activating group) is 1. The van der Waals surface area contributed by atoms with Gasteiger partial charge < -0.3 is 15.0 Å². The van der Waals surface area contributed by atoms with E-state index < -0.39 is 0 Å². The van der Waals surface area contributed by atoms with Crippen LogP contribution in [0, 0.1) is 0 Å². The van der Waals surface area contributed by atoms with Crippen molar-refractivity contribution in [1.29, 1.82) is 0 Å². The van der Waals surface area contributed by atoms with Crippen molar-refractivity contribution in [3.63, 3.8) is 0 Å². The fourth-order valence-corrected chi connectivity index (χ4v) is 2.03. The number of amides is 2. The zero-order valence-electron chi connectivity index (χ0n) is 12.7. The van der Waals surface area contributed by atoms with Gasteiger partial charge in [-0.15, -0.1) is 0 Å². The number of hydrogen-bond acceptors (Lipinski definition) is 5. The Labute approximate surface area is 130 Å². The molecule has 7 nitrogen and oxygen atoms in total. The highest BCUT2D eigenvalue weighted by Gasteiger charge is 2.15. The summed E-state index contributed by atoms with van der Waals surface area (Å²) in [6, 6.07) is 9.07. The molecule has 1 aromatic rings. The summed E-state index contributed by atoms with van der Waals surface area (Å²) < 4.78 is 5.30. The molecule has 0 atom stereocenters. The molecule has 1 heterocycles. The molecule has 0 bridgehead atoms. The third-order valence-corrected chi connectivity index (χ3v) is 3.35. The van der Waals surface area contributed by atoms with E-state index in [1.807, 2.05) is 30.3 Å². The number of nitrogens with zero attached hydrogens (tertiary/aromatic N) is 2. The lowest BCUT2D eigenvalue weighted by molar-refractivity contribution is -0.130. The summed E-state index contributed by atoms with van der Waals surface area (Å²) in [5.41, 5.74) is 2.78. The van der Waals surface area contributed by atoms with Crippen LogP contribution in [0.15, 0.2) is 30.3 Å². The molecule has 0 aliphatic carbocycles. The van der Waals surface area contributed by atoms with Crippen LogP contribution in [0.2, 0.25) is 0 Å². The van der Waals surface area contributed by atoms with Crippen LogP contribution < -0.4 is 15.5 Å². The van der Waals surface area contributed by atoms with Crippen molar-refractivity contribution in [3.8, 4) is 5.75 Å². The van der Waals surface area contributed by atoms with Gasteiger partial charge in [0.1, 0.15) is 5.75 Å². The van der Waals surface area contributed by atoms with E-state index >= 15 is 0 Å². The second-order valence-electron chi connectivity index (χ2n) is 5.20. The normalized spacial score (nSPS) is 16.0. The van der Waals surface area contributed by atoms with Crippen molar-refractivity contribution in [2.45, 2.75) is 0 Å². The second-order valence-corrected chi connectivity index (χ2v) is 5.20. The maximum absolute atomic E-state index is 11.7. The summed E-state index contributed by atoms with van der Waals surface area (Å²) in [6.07, 6.45) is 0. The lowest BCUT2D eigenvalue weighted by atomic mass is 10.3. The Hall–Kier alpha value is -2.12. The summed E-state index contributed by atoms with van der Waals surface area (Å²) in [6.45, 7) is 3.24. The number of hydrogen-bond donors (Lipinski definition) is 2. The van der Waals surface area contributed by atoms with E-state index in [1.165, 1.54) is 0 Å². The van der Waals surface area contributed by atoms with Gasteiger partial charge in [-0.1, -0.05) is 18.2 Å². The highest BCUT2D eigenvalue weighted by Crippen LogP contribution is 2.07. The smallest absolute Gasteiger partial charge is 0.258 e. The van der Waals surface area contributed by atoms with Gasteiger partial charge in [-0.2, -0.15) is 0 Å². The zero-order valence-corrected chi connectivity index (χ0v) is 12.7. The average molecular weight is 306 g/mol. The van der Waals surface area contributed by atoms with Crippen molar-refractivity contribution >= 4 is 11.8 Å². The number of nitrogens with one attached hydrogen (secondary N) is 2. The maximum atomic E-state index is 11.7. The van der Waals surface area contributed by atoms with E-state index in [9.17, 15) is 9.59 Å². The maximum Gasteiger partial charge on any atom is 0.258 e. The first-order chi connectivity index (χ1) is 10.6.